The Bertz CT molecular complexity index is 3170. The summed E-state index contributed by atoms with van der Waals surface area (Å²) in [5.41, 5.74) is 27.9. The van der Waals surface area contributed by atoms with Crippen LogP contribution in [-0.2, 0) is 0 Å². The van der Waals surface area contributed by atoms with Crippen molar-refractivity contribution in [1.29, 1.82) is 0 Å². The van der Waals surface area contributed by atoms with Gasteiger partial charge in [0.05, 0.1) is 21.5 Å². The van der Waals surface area contributed by atoms with Gasteiger partial charge in [0.1, 0.15) is 40.0 Å². The first kappa shape index (κ1) is 40.0. The van der Waals surface area contributed by atoms with Gasteiger partial charge >= 0.3 is 0 Å². The highest BCUT2D eigenvalue weighted by Gasteiger charge is 2.33. The van der Waals surface area contributed by atoms with Gasteiger partial charge in [-0.1, -0.05) is 101 Å². The van der Waals surface area contributed by atoms with Crippen molar-refractivity contribution in [2.24, 2.45) is 0 Å². The molecule has 0 bridgehead atoms. The minimum Gasteiger partial charge on any atom is -0.383 e. The Hall–Kier alpha value is -6.42. The average molecular weight is 875 g/mol. The lowest BCUT2D eigenvalue weighted by Crippen LogP contribution is -2.46. The molecule has 6 heterocycles. The summed E-state index contributed by atoms with van der Waals surface area (Å²) in [6, 6.07) is 21.1. The van der Waals surface area contributed by atoms with Crippen LogP contribution in [-0.4, -0.2) is 49.3 Å². The third-order valence-electron chi connectivity index (χ3n) is 11.1. The Morgan fingerprint density at radius 2 is 1.07 bits per heavy atom. The van der Waals surface area contributed by atoms with Gasteiger partial charge in [0.15, 0.2) is 18.0 Å². The molecule has 0 aliphatic rings. The second kappa shape index (κ2) is 15.2. The highest BCUT2D eigenvalue weighted by atomic mass is 35.5. The number of halogens is 3. The van der Waals surface area contributed by atoms with Crippen LogP contribution in [0.2, 0.25) is 15.1 Å². The van der Waals surface area contributed by atoms with Crippen LogP contribution in [0, 0.1) is 0 Å². The number of aromatic nitrogens is 12. The van der Waals surface area contributed by atoms with Crippen molar-refractivity contribution in [2.75, 3.05) is 17.2 Å². The van der Waals surface area contributed by atoms with Crippen LogP contribution in [0.15, 0.2) is 85.7 Å². The largest absolute Gasteiger partial charge is 0.383 e. The summed E-state index contributed by atoms with van der Waals surface area (Å²) in [4.78, 5) is 18.9. The molecule has 9 rings (SSSR count). The molecule has 61 heavy (non-hydrogen) atoms. The summed E-state index contributed by atoms with van der Waals surface area (Å²) < 4.78 is 9.07. The van der Waals surface area contributed by atoms with Gasteiger partial charge in [0, 0.05) is 21.7 Å². The summed E-state index contributed by atoms with van der Waals surface area (Å²) >= 11 is 19.5. The molecule has 0 amide bonds. The maximum atomic E-state index is 7.23. The van der Waals surface area contributed by atoms with Crippen molar-refractivity contribution in [1.82, 2.24) is 49.3 Å². The quantitative estimate of drug-likeness (QED) is 0.119. The summed E-state index contributed by atoms with van der Waals surface area (Å²) in [5.74, 6) is 1.47. The fourth-order valence-electron chi connectivity index (χ4n) is 7.81. The fourth-order valence-corrected chi connectivity index (χ4v) is 8.29. The Morgan fingerprint density at radius 3 is 1.62 bits per heavy atom. The molecule has 0 radical (unpaired) electrons. The van der Waals surface area contributed by atoms with Gasteiger partial charge in [-0.2, -0.15) is 20.0 Å². The molecule has 15 nitrogen and oxygen atoms in total. The molecule has 0 spiro atoms. The van der Waals surface area contributed by atoms with Crippen LogP contribution in [0.4, 0.5) is 17.5 Å². The van der Waals surface area contributed by atoms with E-state index in [9.17, 15) is 0 Å². The number of hydrogen-bond donors (Lipinski definition) is 3. The molecular weight excluding hydrogens is 833 g/mol. The number of hydrogen-bond acceptors (Lipinski definition) is 10. The maximum absolute atomic E-state index is 7.23. The predicted octanol–water partition coefficient (Wildman–Crippen LogP) is 8.44. The van der Waals surface area contributed by atoms with E-state index in [2.05, 4.69) is 35.9 Å². The van der Waals surface area contributed by atoms with E-state index >= 15 is 0 Å². The van der Waals surface area contributed by atoms with Crippen molar-refractivity contribution in [3.05, 3.63) is 106 Å². The number of nitrogens with zero attached hydrogens (tertiary/aromatic N) is 12. The summed E-state index contributed by atoms with van der Waals surface area (Å²) in [6.45, 7) is 12.3. The second-order valence-corrected chi connectivity index (χ2v) is 16.8. The third kappa shape index (κ3) is 6.63. The summed E-state index contributed by atoms with van der Waals surface area (Å²) in [6.07, 6.45) is 3.68. The van der Waals surface area contributed by atoms with Gasteiger partial charge in [-0.05, 0) is 63.4 Å². The smallest absolute Gasteiger partial charge is 0.244 e. The number of rotatable bonds is 9. The highest BCUT2D eigenvalue weighted by molar-refractivity contribution is 6.42. The minimum atomic E-state index is -0.565. The van der Waals surface area contributed by atoms with Crippen LogP contribution < -0.4 is 26.3 Å². The molecule has 18 heteroatoms. The van der Waals surface area contributed by atoms with E-state index in [-0.39, 0.29) is 6.04 Å². The molecule has 0 saturated carbocycles. The van der Waals surface area contributed by atoms with Gasteiger partial charge in [-0.3, -0.25) is 0 Å². The third-order valence-corrected chi connectivity index (χ3v) is 12.1. The molecule has 0 aliphatic heterocycles. The number of anilines is 3. The molecule has 9 aromatic rings. The fraction of sp³-hybridized carbons (Fsp3) is 0.233. The molecule has 308 valence electrons. The molecule has 0 aliphatic carbocycles. The lowest BCUT2D eigenvalue weighted by Gasteiger charge is -2.15. The van der Waals surface area contributed by atoms with Crippen molar-refractivity contribution < 1.29 is 9.13 Å². The van der Waals surface area contributed by atoms with E-state index in [1.165, 1.54) is 11.9 Å². The van der Waals surface area contributed by atoms with E-state index in [0.29, 0.717) is 94.2 Å². The van der Waals surface area contributed by atoms with Crippen LogP contribution in [0.5, 0.6) is 0 Å². The topological polar surface area (TPSA) is 191 Å². The monoisotopic (exact) mass is 873 g/mol. The number of benzene rings is 3. The number of nitrogens with two attached hydrogens (primary N) is 3. The van der Waals surface area contributed by atoms with Gasteiger partial charge in [-0.25, -0.2) is 28.5 Å². The first-order valence-corrected chi connectivity index (χ1v) is 20.8. The Balaban J connectivity index is 1.22. The van der Waals surface area contributed by atoms with Crippen molar-refractivity contribution in [3.63, 3.8) is 0 Å². The maximum Gasteiger partial charge on any atom is 0.244 e. The molecule has 2 atom stereocenters. The molecule has 0 saturated heterocycles. The molecule has 6 N–H and O–H groups in total. The zero-order valence-electron chi connectivity index (χ0n) is 34.1. The van der Waals surface area contributed by atoms with Crippen LogP contribution in [0.1, 0.15) is 71.4 Å². The van der Waals surface area contributed by atoms with E-state index in [0.717, 1.165) is 11.1 Å². The van der Waals surface area contributed by atoms with Gasteiger partial charge in [-0.15, -0.1) is 0 Å². The zero-order valence-corrected chi connectivity index (χ0v) is 36.4. The van der Waals surface area contributed by atoms with E-state index in [1.807, 2.05) is 84.0 Å². The van der Waals surface area contributed by atoms with Crippen molar-refractivity contribution in [2.45, 2.75) is 65.8 Å². The van der Waals surface area contributed by atoms with Crippen LogP contribution >= 0.6 is 34.8 Å². The Kier molecular flexibility index (Phi) is 10.00. The SMILES string of the molecule is CC(C)c1ccc(-c2nn(C(C)[n+]3cnc4c(c(-c5ccc(Cl)c(Cl)c5)nn4C(C)[n+]4cnc5c(c(-c6cccc(Cl)c6)nn5C(C)C)c4N)c3N)c3ncnc(N)c23)cc1. The van der Waals surface area contributed by atoms with Crippen LogP contribution in [0.3, 0.4) is 0 Å². The average Bonchev–Trinajstić information content (AvgIpc) is 3.96. The standard InChI is InChI=1S/C43H40Cl3N15/c1-21(2)25-10-12-26(13-11-25)35-32-38(47)50-18-51-41(32)60(55-35)23(5)58-20-53-43-34(40(58)49)37(28-14-15-30(45)31(46)17-28)56-61(43)24(6)57-19-52-42-33(39(57)48)36(54-59(42)22(3)4)27-8-7-9-29(44)16-27/h7-24,48-49H,1-6H3,(H2,47,50,51,55)/p+2. The summed E-state index contributed by atoms with van der Waals surface area (Å²) in [7, 11) is 0. The lowest BCUT2D eigenvalue weighted by atomic mass is 10.0. The first-order valence-electron chi connectivity index (χ1n) is 19.7. The predicted molar refractivity (Wildman–Crippen MR) is 240 cm³/mol. The normalized spacial score (nSPS) is 13.0. The van der Waals surface area contributed by atoms with E-state index < -0.39 is 12.3 Å². The molecule has 6 aromatic heterocycles. The lowest BCUT2D eigenvalue weighted by molar-refractivity contribution is -0.714. The molecular formula is C43H42Cl3N15+2. The van der Waals surface area contributed by atoms with E-state index in [4.69, 9.17) is 77.3 Å². The van der Waals surface area contributed by atoms with E-state index in [1.54, 1.807) is 34.2 Å². The molecule has 0 fully saturated rings. The molecule has 2 unspecified atom stereocenters. The van der Waals surface area contributed by atoms with Gasteiger partial charge < -0.3 is 17.2 Å². The van der Waals surface area contributed by atoms with Crippen LogP contribution in [0.25, 0.3) is 66.9 Å². The number of fused-ring (bicyclic) bond motifs is 3. The van der Waals surface area contributed by atoms with Gasteiger partial charge in [0.2, 0.25) is 35.6 Å². The summed E-state index contributed by atoms with van der Waals surface area (Å²) in [5, 5.41) is 18.4. The second-order valence-electron chi connectivity index (χ2n) is 15.6. The Labute approximate surface area is 365 Å². The number of nitrogen functional groups attached to an aromatic ring is 3. The van der Waals surface area contributed by atoms with Gasteiger partial charge in [0.25, 0.3) is 0 Å². The minimum absolute atomic E-state index is 0.00748. The first-order chi connectivity index (χ1) is 29.2. The van der Waals surface area contributed by atoms with Crippen molar-refractivity contribution in [3.8, 4) is 33.8 Å². The Morgan fingerprint density at radius 1 is 0.541 bits per heavy atom. The zero-order chi connectivity index (χ0) is 43.0. The van der Waals surface area contributed by atoms with Crippen molar-refractivity contribution >= 4 is 85.4 Å². The molecule has 3 aromatic carbocycles. The highest BCUT2D eigenvalue weighted by Crippen LogP contribution is 2.37.